The van der Waals surface area contributed by atoms with Crippen molar-refractivity contribution in [3.05, 3.63) is 90.5 Å². The number of rotatable bonds is 10. The van der Waals surface area contributed by atoms with Gasteiger partial charge >= 0.3 is 12.1 Å². The average Bonchev–Trinajstić information content (AvgIpc) is 2.84. The van der Waals surface area contributed by atoms with Crippen molar-refractivity contribution >= 4 is 30.4 Å². The molecule has 0 saturated heterocycles. The minimum atomic E-state index is -0.857. The molecule has 0 heterocycles. The van der Waals surface area contributed by atoms with Crippen molar-refractivity contribution in [1.29, 1.82) is 0 Å². The number of carbonyl (C=O) groups excluding carboxylic acids is 2. The highest BCUT2D eigenvalue weighted by Gasteiger charge is 2.29. The molecule has 1 amide bonds. The summed E-state index contributed by atoms with van der Waals surface area (Å²) in [6, 6.07) is 24.3. The Labute approximate surface area is 197 Å². The molecule has 3 rings (SSSR count). The van der Waals surface area contributed by atoms with E-state index in [4.69, 9.17) is 14.2 Å². The Bertz CT molecular complexity index is 1010. The third kappa shape index (κ3) is 7.76. The van der Waals surface area contributed by atoms with E-state index in [2.05, 4.69) is 17.9 Å². The molecule has 0 radical (unpaired) electrons. The van der Waals surface area contributed by atoms with Crippen LogP contribution in [0.4, 0.5) is 10.5 Å². The molecule has 3 aromatic carbocycles. The molecule has 8 heteroatoms. The molecule has 2 N–H and O–H groups in total. The minimum absolute atomic E-state index is 0.0401. The number of aromatic hydroxyl groups is 1. The Kier molecular flexibility index (Phi) is 9.02. The second-order valence-corrected chi connectivity index (χ2v) is 7.36. The summed E-state index contributed by atoms with van der Waals surface area (Å²) in [6.45, 7) is 0.0507. The van der Waals surface area contributed by atoms with Crippen molar-refractivity contribution in [1.82, 2.24) is 0 Å². The van der Waals surface area contributed by atoms with E-state index < -0.39 is 24.3 Å². The monoisotopic (exact) mass is 467 g/mol. The van der Waals surface area contributed by atoms with Crippen LogP contribution in [0.25, 0.3) is 0 Å². The van der Waals surface area contributed by atoms with Crippen molar-refractivity contribution in [2.45, 2.75) is 18.6 Å². The summed E-state index contributed by atoms with van der Waals surface area (Å²) in [5.74, 6) is 0.149. The summed E-state index contributed by atoms with van der Waals surface area (Å²) >= 11 is 3.91. The molecule has 3 aromatic rings. The van der Waals surface area contributed by atoms with Crippen LogP contribution in [0.3, 0.4) is 0 Å². The number of nitrogens with one attached hydrogen (secondary N) is 1. The molecular formula is C25H25NO6S. The van der Waals surface area contributed by atoms with Crippen molar-refractivity contribution in [3.63, 3.8) is 0 Å². The molecule has 0 saturated carbocycles. The number of para-hydroxylation sites is 2. The quantitative estimate of drug-likeness (QED) is 0.287. The Morgan fingerprint density at radius 2 is 1.55 bits per heavy atom. The van der Waals surface area contributed by atoms with Gasteiger partial charge in [0.05, 0.1) is 12.4 Å². The summed E-state index contributed by atoms with van der Waals surface area (Å²) in [7, 11) is 0. The first-order valence-electron chi connectivity index (χ1n) is 10.3. The van der Waals surface area contributed by atoms with Gasteiger partial charge < -0.3 is 19.3 Å². The van der Waals surface area contributed by atoms with Crippen LogP contribution in [0, 0.1) is 0 Å². The van der Waals surface area contributed by atoms with E-state index in [1.807, 2.05) is 24.3 Å². The van der Waals surface area contributed by atoms with Crippen LogP contribution in [-0.4, -0.2) is 35.6 Å². The number of phenolic OH excluding ortho intramolecular Hbond substituents is 1. The first-order valence-corrected chi connectivity index (χ1v) is 11.0. The zero-order chi connectivity index (χ0) is 23.5. The maximum Gasteiger partial charge on any atom is 0.412 e. The minimum Gasteiger partial charge on any atom is -0.508 e. The molecule has 0 aliphatic carbocycles. The lowest BCUT2D eigenvalue weighted by molar-refractivity contribution is -0.141. The number of phenols is 1. The zero-order valence-electron chi connectivity index (χ0n) is 17.8. The van der Waals surface area contributed by atoms with Gasteiger partial charge in [0.15, 0.2) is 6.10 Å². The Hall–Kier alpha value is -3.65. The lowest BCUT2D eigenvalue weighted by Crippen LogP contribution is -2.32. The Balaban J connectivity index is 1.84. The average molecular weight is 468 g/mol. The summed E-state index contributed by atoms with van der Waals surface area (Å²) in [6.07, 6.45) is -1.97. The van der Waals surface area contributed by atoms with E-state index >= 15 is 0 Å². The normalized spacial score (nSPS) is 12.3. The van der Waals surface area contributed by atoms with Crippen LogP contribution in [0.15, 0.2) is 84.9 Å². The van der Waals surface area contributed by atoms with E-state index in [0.717, 1.165) is 0 Å². The number of amides is 1. The SMILES string of the molecule is O=C(CS)OCC[C@@H](Oc1ccccc1)[C@H](OC(=O)Nc1ccccc1)c1ccc(O)cc1. The molecule has 7 nitrogen and oxygen atoms in total. The first-order chi connectivity index (χ1) is 16.0. The molecule has 0 spiro atoms. The number of esters is 1. The topological polar surface area (TPSA) is 94.1 Å². The van der Waals surface area contributed by atoms with Crippen LogP contribution in [0.1, 0.15) is 18.1 Å². The summed E-state index contributed by atoms with van der Waals surface area (Å²) < 4.78 is 17.1. The number of benzene rings is 3. The fourth-order valence-electron chi connectivity index (χ4n) is 3.09. The van der Waals surface area contributed by atoms with Gasteiger partial charge in [0.25, 0.3) is 0 Å². The molecule has 0 aromatic heterocycles. The summed E-state index contributed by atoms with van der Waals surface area (Å²) in [5.41, 5.74) is 1.19. The van der Waals surface area contributed by atoms with Crippen LogP contribution < -0.4 is 10.1 Å². The summed E-state index contributed by atoms with van der Waals surface area (Å²) in [4.78, 5) is 24.3. The van der Waals surface area contributed by atoms with E-state index in [1.54, 1.807) is 48.5 Å². The van der Waals surface area contributed by atoms with Crippen molar-refractivity contribution in [3.8, 4) is 11.5 Å². The molecular weight excluding hydrogens is 442 g/mol. The van der Waals surface area contributed by atoms with Crippen LogP contribution in [0.5, 0.6) is 11.5 Å². The number of thiol groups is 1. The molecule has 0 aliphatic heterocycles. The third-order valence-electron chi connectivity index (χ3n) is 4.64. The molecule has 33 heavy (non-hydrogen) atoms. The Morgan fingerprint density at radius 3 is 2.18 bits per heavy atom. The molecule has 172 valence electrons. The van der Waals surface area contributed by atoms with Crippen molar-refractivity contribution in [2.24, 2.45) is 0 Å². The lowest BCUT2D eigenvalue weighted by Gasteiger charge is -2.28. The highest BCUT2D eigenvalue weighted by Crippen LogP contribution is 2.29. The van der Waals surface area contributed by atoms with E-state index in [0.29, 0.717) is 17.0 Å². The second-order valence-electron chi connectivity index (χ2n) is 7.05. The predicted octanol–water partition coefficient (Wildman–Crippen LogP) is 4.99. The number of carbonyl (C=O) groups is 2. The van der Waals surface area contributed by atoms with Gasteiger partial charge in [0.2, 0.25) is 0 Å². The van der Waals surface area contributed by atoms with Crippen LogP contribution in [0.2, 0.25) is 0 Å². The number of hydrogen-bond donors (Lipinski definition) is 3. The molecule has 0 fully saturated rings. The predicted molar refractivity (Wildman–Crippen MR) is 128 cm³/mol. The second kappa shape index (κ2) is 12.4. The molecule has 0 unspecified atom stereocenters. The Morgan fingerprint density at radius 1 is 0.909 bits per heavy atom. The maximum absolute atomic E-state index is 12.7. The molecule has 2 atom stereocenters. The number of anilines is 1. The highest BCUT2D eigenvalue weighted by atomic mass is 32.1. The number of hydrogen-bond acceptors (Lipinski definition) is 7. The van der Waals surface area contributed by atoms with Gasteiger partial charge in [-0.3, -0.25) is 10.1 Å². The van der Waals surface area contributed by atoms with Gasteiger partial charge in [-0.1, -0.05) is 48.5 Å². The standard InChI is InChI=1S/C25H25NO6S/c27-20-13-11-18(12-14-20)24(32-25(29)26-19-7-3-1-4-8-19)22(15-16-30-23(28)17-33)31-21-9-5-2-6-10-21/h1-14,22,24,27,33H,15-17H2,(H,26,29)/t22-,24-/m1/s1. The van der Waals surface area contributed by atoms with Gasteiger partial charge in [-0.25, -0.2) is 4.79 Å². The van der Waals surface area contributed by atoms with Gasteiger partial charge in [-0.2, -0.15) is 12.6 Å². The maximum atomic E-state index is 12.7. The fraction of sp³-hybridized carbons (Fsp3) is 0.200. The lowest BCUT2D eigenvalue weighted by atomic mass is 10.0. The van der Waals surface area contributed by atoms with Gasteiger partial charge in [0, 0.05) is 12.1 Å². The van der Waals surface area contributed by atoms with Gasteiger partial charge in [-0.05, 0) is 42.0 Å². The van der Waals surface area contributed by atoms with Crippen LogP contribution >= 0.6 is 12.6 Å². The van der Waals surface area contributed by atoms with Gasteiger partial charge in [-0.15, -0.1) is 0 Å². The van der Waals surface area contributed by atoms with E-state index in [9.17, 15) is 14.7 Å². The van der Waals surface area contributed by atoms with Crippen LogP contribution in [-0.2, 0) is 14.3 Å². The molecule has 0 aliphatic rings. The first kappa shape index (κ1) is 24.0. The smallest absolute Gasteiger partial charge is 0.412 e. The fourth-order valence-corrected chi connectivity index (χ4v) is 3.18. The van der Waals surface area contributed by atoms with E-state index in [-0.39, 0.29) is 24.5 Å². The van der Waals surface area contributed by atoms with Gasteiger partial charge in [0.1, 0.15) is 17.6 Å². The molecule has 0 bridgehead atoms. The highest BCUT2D eigenvalue weighted by molar-refractivity contribution is 7.81. The van der Waals surface area contributed by atoms with Crippen molar-refractivity contribution < 1.29 is 28.9 Å². The third-order valence-corrected chi connectivity index (χ3v) is 4.90. The number of ether oxygens (including phenoxy) is 3. The van der Waals surface area contributed by atoms with E-state index in [1.165, 1.54) is 12.1 Å². The van der Waals surface area contributed by atoms with Crippen molar-refractivity contribution in [2.75, 3.05) is 17.7 Å². The summed E-state index contributed by atoms with van der Waals surface area (Å²) in [5, 5.41) is 12.4. The zero-order valence-corrected chi connectivity index (χ0v) is 18.7. The largest absolute Gasteiger partial charge is 0.508 e.